The second kappa shape index (κ2) is 8.23. The second-order valence-corrected chi connectivity index (χ2v) is 6.27. The van der Waals surface area contributed by atoms with Crippen LogP contribution in [0.2, 0.25) is 0 Å². The van der Waals surface area contributed by atoms with E-state index in [-0.39, 0.29) is 5.54 Å². The van der Waals surface area contributed by atoms with Gasteiger partial charge in [-0.15, -0.1) is 0 Å². The largest absolute Gasteiger partial charge is 0.383 e. The SMILES string of the molecule is CCC(CC)N(CCOC)C1(CN)CCC(C)CC1. The number of nitrogens with two attached hydrogens (primary N) is 1. The van der Waals surface area contributed by atoms with Crippen molar-refractivity contribution in [1.82, 2.24) is 4.90 Å². The van der Waals surface area contributed by atoms with E-state index in [1.165, 1.54) is 38.5 Å². The zero-order valence-corrected chi connectivity index (χ0v) is 13.5. The van der Waals surface area contributed by atoms with Gasteiger partial charge in [-0.3, -0.25) is 4.90 Å². The zero-order valence-electron chi connectivity index (χ0n) is 13.5. The fraction of sp³-hybridized carbons (Fsp3) is 1.00. The first-order valence-corrected chi connectivity index (χ1v) is 8.09. The molecular weight excluding hydrogens is 236 g/mol. The Morgan fingerprint density at radius 3 is 2.26 bits per heavy atom. The highest BCUT2D eigenvalue weighted by atomic mass is 16.5. The van der Waals surface area contributed by atoms with Crippen LogP contribution in [0.25, 0.3) is 0 Å². The monoisotopic (exact) mass is 270 g/mol. The topological polar surface area (TPSA) is 38.5 Å². The summed E-state index contributed by atoms with van der Waals surface area (Å²) in [6.07, 6.45) is 7.56. The predicted molar refractivity (Wildman–Crippen MR) is 82.4 cm³/mol. The van der Waals surface area contributed by atoms with Crippen LogP contribution >= 0.6 is 0 Å². The number of nitrogens with zero attached hydrogens (tertiary/aromatic N) is 1. The molecule has 0 aliphatic heterocycles. The van der Waals surface area contributed by atoms with E-state index in [9.17, 15) is 0 Å². The standard InChI is InChI=1S/C16H34N2O/c1-5-15(6-2)18(11-12-19-4)16(13-17)9-7-14(3)8-10-16/h14-15H,5-13,17H2,1-4H3. The third kappa shape index (κ3) is 4.17. The van der Waals surface area contributed by atoms with Crippen molar-refractivity contribution in [2.24, 2.45) is 11.7 Å². The summed E-state index contributed by atoms with van der Waals surface area (Å²) < 4.78 is 5.33. The normalized spacial score (nSPS) is 28.3. The van der Waals surface area contributed by atoms with E-state index in [2.05, 4.69) is 25.7 Å². The van der Waals surface area contributed by atoms with E-state index in [0.29, 0.717) is 6.04 Å². The first-order chi connectivity index (χ1) is 9.13. The highest BCUT2D eigenvalue weighted by molar-refractivity contribution is 4.97. The Labute approximate surface area is 119 Å². The molecule has 1 aliphatic carbocycles. The molecule has 0 radical (unpaired) electrons. The molecule has 0 heterocycles. The van der Waals surface area contributed by atoms with Gasteiger partial charge in [0.05, 0.1) is 6.61 Å². The maximum Gasteiger partial charge on any atom is 0.0590 e. The number of hydrogen-bond acceptors (Lipinski definition) is 3. The van der Waals surface area contributed by atoms with Crippen molar-refractivity contribution in [3.8, 4) is 0 Å². The molecule has 3 nitrogen and oxygen atoms in total. The molecule has 0 bridgehead atoms. The Kier molecular flexibility index (Phi) is 7.33. The minimum Gasteiger partial charge on any atom is -0.383 e. The molecule has 1 rings (SSSR count). The van der Waals surface area contributed by atoms with Crippen molar-refractivity contribution in [3.63, 3.8) is 0 Å². The summed E-state index contributed by atoms with van der Waals surface area (Å²) in [6, 6.07) is 0.645. The Morgan fingerprint density at radius 1 is 1.26 bits per heavy atom. The van der Waals surface area contributed by atoms with Gasteiger partial charge in [0, 0.05) is 31.8 Å². The van der Waals surface area contributed by atoms with Crippen LogP contribution in [0.4, 0.5) is 0 Å². The molecular formula is C16H34N2O. The number of methoxy groups -OCH3 is 1. The molecule has 0 aromatic carbocycles. The van der Waals surface area contributed by atoms with E-state index < -0.39 is 0 Å². The average molecular weight is 270 g/mol. The van der Waals surface area contributed by atoms with E-state index in [0.717, 1.165) is 25.6 Å². The van der Waals surface area contributed by atoms with Gasteiger partial charge >= 0.3 is 0 Å². The van der Waals surface area contributed by atoms with Gasteiger partial charge in [-0.2, -0.15) is 0 Å². The van der Waals surface area contributed by atoms with Crippen LogP contribution in [-0.2, 0) is 4.74 Å². The Bertz CT molecular complexity index is 233. The van der Waals surface area contributed by atoms with Gasteiger partial charge < -0.3 is 10.5 Å². The smallest absolute Gasteiger partial charge is 0.0590 e. The summed E-state index contributed by atoms with van der Waals surface area (Å²) in [5.41, 5.74) is 6.44. The summed E-state index contributed by atoms with van der Waals surface area (Å²) in [5.74, 6) is 0.866. The fourth-order valence-electron chi connectivity index (χ4n) is 3.63. The number of ether oxygens (including phenoxy) is 1. The van der Waals surface area contributed by atoms with E-state index in [1.807, 2.05) is 0 Å². The van der Waals surface area contributed by atoms with Crippen LogP contribution in [0.5, 0.6) is 0 Å². The molecule has 1 saturated carbocycles. The van der Waals surface area contributed by atoms with Crippen LogP contribution in [0.3, 0.4) is 0 Å². The zero-order chi connectivity index (χ0) is 14.3. The van der Waals surface area contributed by atoms with E-state index in [1.54, 1.807) is 7.11 Å². The lowest BCUT2D eigenvalue weighted by atomic mass is 9.75. The van der Waals surface area contributed by atoms with Crippen molar-refractivity contribution < 1.29 is 4.74 Å². The molecule has 0 aromatic heterocycles. The third-order valence-corrected chi connectivity index (χ3v) is 5.11. The van der Waals surface area contributed by atoms with Gasteiger partial charge in [-0.05, 0) is 44.4 Å². The minimum absolute atomic E-state index is 0.224. The average Bonchev–Trinajstić information content (AvgIpc) is 2.45. The predicted octanol–water partition coefficient (Wildman–Crippen LogP) is 3.03. The van der Waals surface area contributed by atoms with Crippen LogP contribution in [0.1, 0.15) is 59.3 Å². The van der Waals surface area contributed by atoms with Crippen molar-refractivity contribution >= 4 is 0 Å². The molecule has 0 amide bonds. The lowest BCUT2D eigenvalue weighted by Crippen LogP contribution is -2.59. The summed E-state index contributed by atoms with van der Waals surface area (Å²) in [4.78, 5) is 2.68. The Balaban J connectivity index is 2.84. The maximum atomic E-state index is 6.22. The first-order valence-electron chi connectivity index (χ1n) is 8.09. The van der Waals surface area contributed by atoms with Crippen molar-refractivity contribution in [2.45, 2.75) is 70.9 Å². The molecule has 1 aliphatic rings. The van der Waals surface area contributed by atoms with Crippen LogP contribution in [-0.4, -0.2) is 43.3 Å². The number of hydrogen-bond donors (Lipinski definition) is 1. The molecule has 0 unspecified atom stereocenters. The Morgan fingerprint density at radius 2 is 1.84 bits per heavy atom. The van der Waals surface area contributed by atoms with Gasteiger partial charge in [0.2, 0.25) is 0 Å². The van der Waals surface area contributed by atoms with Gasteiger partial charge in [0.25, 0.3) is 0 Å². The molecule has 3 heteroatoms. The third-order valence-electron chi connectivity index (χ3n) is 5.11. The lowest BCUT2D eigenvalue weighted by Gasteiger charge is -2.50. The molecule has 19 heavy (non-hydrogen) atoms. The highest BCUT2D eigenvalue weighted by Gasteiger charge is 2.40. The second-order valence-electron chi connectivity index (χ2n) is 6.27. The van der Waals surface area contributed by atoms with Crippen molar-refractivity contribution in [3.05, 3.63) is 0 Å². The van der Waals surface area contributed by atoms with Crippen molar-refractivity contribution in [1.29, 1.82) is 0 Å². The Hall–Kier alpha value is -0.120. The minimum atomic E-state index is 0.224. The lowest BCUT2D eigenvalue weighted by molar-refractivity contribution is -0.0101. The van der Waals surface area contributed by atoms with Crippen LogP contribution < -0.4 is 5.73 Å². The summed E-state index contributed by atoms with van der Waals surface area (Å²) in [7, 11) is 1.79. The summed E-state index contributed by atoms with van der Waals surface area (Å²) in [6.45, 7) is 9.59. The number of rotatable bonds is 8. The molecule has 0 aromatic rings. The molecule has 0 spiro atoms. The fourth-order valence-corrected chi connectivity index (χ4v) is 3.63. The van der Waals surface area contributed by atoms with Gasteiger partial charge in [0.15, 0.2) is 0 Å². The maximum absolute atomic E-state index is 6.22. The van der Waals surface area contributed by atoms with Crippen LogP contribution in [0, 0.1) is 5.92 Å². The molecule has 2 N–H and O–H groups in total. The molecule has 114 valence electrons. The van der Waals surface area contributed by atoms with Gasteiger partial charge in [-0.1, -0.05) is 20.8 Å². The summed E-state index contributed by atoms with van der Waals surface area (Å²) in [5, 5.41) is 0. The first kappa shape index (κ1) is 16.9. The van der Waals surface area contributed by atoms with Gasteiger partial charge in [0.1, 0.15) is 0 Å². The van der Waals surface area contributed by atoms with Gasteiger partial charge in [-0.25, -0.2) is 0 Å². The molecule has 0 atom stereocenters. The highest BCUT2D eigenvalue weighted by Crippen LogP contribution is 2.37. The molecule has 0 saturated heterocycles. The van der Waals surface area contributed by atoms with Crippen molar-refractivity contribution in [2.75, 3.05) is 26.8 Å². The van der Waals surface area contributed by atoms with E-state index in [4.69, 9.17) is 10.5 Å². The summed E-state index contributed by atoms with van der Waals surface area (Å²) >= 11 is 0. The van der Waals surface area contributed by atoms with E-state index >= 15 is 0 Å². The quantitative estimate of drug-likeness (QED) is 0.737. The molecule has 1 fully saturated rings. The van der Waals surface area contributed by atoms with Crippen LogP contribution in [0.15, 0.2) is 0 Å².